The number of hydrogen-bond acceptors (Lipinski definition) is 2. The average Bonchev–Trinajstić information content (AvgIpc) is 2.60. The van der Waals surface area contributed by atoms with E-state index in [-0.39, 0.29) is 17.2 Å². The van der Waals surface area contributed by atoms with Gasteiger partial charge in [-0.2, -0.15) is 0 Å². The molecule has 0 aromatic carbocycles. The molecule has 2 amide bonds. The molecular formula is C11H20N2O2. The summed E-state index contributed by atoms with van der Waals surface area (Å²) in [6.07, 6.45) is 4.27. The Morgan fingerprint density at radius 2 is 1.67 bits per heavy atom. The van der Waals surface area contributed by atoms with Crippen molar-refractivity contribution < 1.29 is 9.59 Å². The highest BCUT2D eigenvalue weighted by atomic mass is 16.2. The van der Waals surface area contributed by atoms with E-state index < -0.39 is 0 Å². The second-order valence-corrected chi connectivity index (χ2v) is 4.51. The highest BCUT2D eigenvalue weighted by molar-refractivity contribution is 5.82. The van der Waals surface area contributed by atoms with E-state index in [0.717, 1.165) is 25.7 Å². The van der Waals surface area contributed by atoms with E-state index in [9.17, 15) is 9.59 Å². The maximum atomic E-state index is 11.8. The van der Waals surface area contributed by atoms with Crippen molar-refractivity contribution in [1.82, 2.24) is 10.6 Å². The third-order valence-electron chi connectivity index (χ3n) is 3.04. The van der Waals surface area contributed by atoms with Crippen molar-refractivity contribution >= 4 is 11.8 Å². The number of carbonyl (C=O) groups excluding carboxylic acids is 2. The van der Waals surface area contributed by atoms with Crippen LogP contribution in [0.2, 0.25) is 0 Å². The monoisotopic (exact) mass is 212 g/mol. The van der Waals surface area contributed by atoms with Gasteiger partial charge >= 0.3 is 0 Å². The molecular weight excluding hydrogens is 192 g/mol. The molecule has 15 heavy (non-hydrogen) atoms. The molecule has 0 heterocycles. The van der Waals surface area contributed by atoms with Crippen LogP contribution < -0.4 is 10.6 Å². The number of nitrogens with one attached hydrogen (secondary N) is 2. The highest BCUT2D eigenvalue weighted by Crippen LogP contribution is 2.37. The zero-order chi connectivity index (χ0) is 11.3. The number of hydrogen-bond donors (Lipinski definition) is 2. The Hall–Kier alpha value is -1.06. The standard InChI is InChI=1S/C11H20N2O2/c1-9(14)12-7-8-13-10(15)11(2)5-3-4-6-11/h3-8H2,1-2H3,(H,12,14)(H,13,15). The zero-order valence-corrected chi connectivity index (χ0v) is 9.56. The van der Waals surface area contributed by atoms with Gasteiger partial charge in [0.15, 0.2) is 0 Å². The topological polar surface area (TPSA) is 58.2 Å². The van der Waals surface area contributed by atoms with Crippen molar-refractivity contribution in [3.63, 3.8) is 0 Å². The second kappa shape index (κ2) is 5.14. The molecule has 1 saturated carbocycles. The van der Waals surface area contributed by atoms with Crippen molar-refractivity contribution in [1.29, 1.82) is 0 Å². The van der Waals surface area contributed by atoms with E-state index in [0.29, 0.717) is 13.1 Å². The number of rotatable bonds is 4. The normalized spacial score (nSPS) is 18.5. The van der Waals surface area contributed by atoms with Gasteiger partial charge in [0.05, 0.1) is 0 Å². The first kappa shape index (κ1) is 12.0. The maximum Gasteiger partial charge on any atom is 0.225 e. The number of amides is 2. The van der Waals surface area contributed by atoms with Gasteiger partial charge in [-0.25, -0.2) is 0 Å². The minimum Gasteiger partial charge on any atom is -0.355 e. The Balaban J connectivity index is 2.21. The van der Waals surface area contributed by atoms with Crippen LogP contribution in [-0.4, -0.2) is 24.9 Å². The first-order valence-corrected chi connectivity index (χ1v) is 5.57. The molecule has 2 N–H and O–H groups in total. The van der Waals surface area contributed by atoms with Gasteiger partial charge in [0.25, 0.3) is 0 Å². The fourth-order valence-electron chi connectivity index (χ4n) is 2.01. The molecule has 1 aliphatic carbocycles. The summed E-state index contributed by atoms with van der Waals surface area (Å²) in [6, 6.07) is 0. The Kier molecular flexibility index (Phi) is 4.12. The smallest absolute Gasteiger partial charge is 0.225 e. The molecule has 4 nitrogen and oxygen atoms in total. The van der Waals surface area contributed by atoms with Gasteiger partial charge in [-0.1, -0.05) is 19.8 Å². The average molecular weight is 212 g/mol. The third-order valence-corrected chi connectivity index (χ3v) is 3.04. The van der Waals surface area contributed by atoms with Crippen LogP contribution >= 0.6 is 0 Å². The summed E-state index contributed by atoms with van der Waals surface area (Å²) >= 11 is 0. The molecule has 1 fully saturated rings. The Bertz CT molecular complexity index is 245. The largest absolute Gasteiger partial charge is 0.355 e. The summed E-state index contributed by atoms with van der Waals surface area (Å²) in [5.41, 5.74) is -0.170. The quantitative estimate of drug-likeness (QED) is 0.678. The van der Waals surface area contributed by atoms with Crippen molar-refractivity contribution in [2.24, 2.45) is 5.41 Å². The van der Waals surface area contributed by atoms with Crippen molar-refractivity contribution in [2.75, 3.05) is 13.1 Å². The summed E-state index contributed by atoms with van der Waals surface area (Å²) in [7, 11) is 0. The molecule has 0 aromatic heterocycles. The van der Waals surface area contributed by atoms with Crippen LogP contribution in [0.5, 0.6) is 0 Å². The van der Waals surface area contributed by atoms with Gasteiger partial charge < -0.3 is 10.6 Å². The summed E-state index contributed by atoms with van der Waals surface area (Å²) in [4.78, 5) is 22.4. The summed E-state index contributed by atoms with van der Waals surface area (Å²) in [5.74, 6) is 0.0710. The first-order chi connectivity index (χ1) is 7.04. The zero-order valence-electron chi connectivity index (χ0n) is 9.56. The van der Waals surface area contributed by atoms with Crippen LogP contribution in [0.15, 0.2) is 0 Å². The number of carbonyl (C=O) groups is 2. The maximum absolute atomic E-state index is 11.8. The van der Waals surface area contributed by atoms with Gasteiger partial charge in [-0.3, -0.25) is 9.59 Å². The molecule has 0 saturated heterocycles. The van der Waals surface area contributed by atoms with Gasteiger partial charge in [0, 0.05) is 25.4 Å². The fraction of sp³-hybridized carbons (Fsp3) is 0.818. The molecule has 0 atom stereocenters. The van der Waals surface area contributed by atoms with E-state index in [2.05, 4.69) is 10.6 Å². The van der Waals surface area contributed by atoms with E-state index in [4.69, 9.17) is 0 Å². The van der Waals surface area contributed by atoms with Crippen LogP contribution in [0.4, 0.5) is 0 Å². The molecule has 0 aliphatic heterocycles. The van der Waals surface area contributed by atoms with Crippen molar-refractivity contribution in [3.8, 4) is 0 Å². The van der Waals surface area contributed by atoms with Crippen LogP contribution in [0.1, 0.15) is 39.5 Å². The lowest BCUT2D eigenvalue weighted by Gasteiger charge is -2.22. The molecule has 1 rings (SSSR count). The molecule has 0 unspecified atom stereocenters. The lowest BCUT2D eigenvalue weighted by Crippen LogP contribution is -2.40. The van der Waals surface area contributed by atoms with Crippen LogP contribution in [-0.2, 0) is 9.59 Å². The lowest BCUT2D eigenvalue weighted by atomic mass is 9.88. The van der Waals surface area contributed by atoms with E-state index in [1.165, 1.54) is 6.92 Å². The third kappa shape index (κ3) is 3.53. The molecule has 0 radical (unpaired) electrons. The lowest BCUT2D eigenvalue weighted by molar-refractivity contribution is -0.130. The van der Waals surface area contributed by atoms with Gasteiger partial charge in [0.2, 0.25) is 11.8 Å². The summed E-state index contributed by atoms with van der Waals surface area (Å²) in [6.45, 7) is 4.53. The predicted molar refractivity (Wildman–Crippen MR) is 58.3 cm³/mol. The Labute approximate surface area is 90.8 Å². The minimum atomic E-state index is -0.170. The summed E-state index contributed by atoms with van der Waals surface area (Å²) < 4.78 is 0. The van der Waals surface area contributed by atoms with E-state index in [1.807, 2.05) is 6.92 Å². The summed E-state index contributed by atoms with van der Waals surface area (Å²) in [5, 5.41) is 5.52. The molecule has 1 aliphatic rings. The minimum absolute atomic E-state index is 0.0590. The predicted octanol–water partition coefficient (Wildman–Crippen LogP) is 0.819. The Morgan fingerprint density at radius 1 is 1.13 bits per heavy atom. The molecule has 0 bridgehead atoms. The molecule has 4 heteroatoms. The Morgan fingerprint density at radius 3 is 2.20 bits per heavy atom. The van der Waals surface area contributed by atoms with E-state index >= 15 is 0 Å². The van der Waals surface area contributed by atoms with Crippen molar-refractivity contribution in [3.05, 3.63) is 0 Å². The molecule has 0 aromatic rings. The van der Waals surface area contributed by atoms with E-state index in [1.54, 1.807) is 0 Å². The molecule has 86 valence electrons. The molecule has 0 spiro atoms. The van der Waals surface area contributed by atoms with Crippen LogP contribution in [0, 0.1) is 5.41 Å². The van der Waals surface area contributed by atoms with Crippen molar-refractivity contribution in [2.45, 2.75) is 39.5 Å². The van der Waals surface area contributed by atoms with Gasteiger partial charge in [0.1, 0.15) is 0 Å². The first-order valence-electron chi connectivity index (χ1n) is 5.57. The van der Waals surface area contributed by atoms with Gasteiger partial charge in [-0.05, 0) is 12.8 Å². The van der Waals surface area contributed by atoms with Gasteiger partial charge in [-0.15, -0.1) is 0 Å². The van der Waals surface area contributed by atoms with Crippen LogP contribution in [0.3, 0.4) is 0 Å². The fourth-order valence-corrected chi connectivity index (χ4v) is 2.01. The second-order valence-electron chi connectivity index (χ2n) is 4.51. The van der Waals surface area contributed by atoms with Crippen LogP contribution in [0.25, 0.3) is 0 Å². The SMILES string of the molecule is CC(=O)NCCNC(=O)C1(C)CCCC1. The highest BCUT2D eigenvalue weighted by Gasteiger charge is 2.35.